The lowest BCUT2D eigenvalue weighted by Crippen LogP contribution is -2.48. The van der Waals surface area contributed by atoms with Crippen molar-refractivity contribution in [3.05, 3.63) is 66.3 Å². The molecule has 4 N–H and O–H groups in total. The van der Waals surface area contributed by atoms with Crippen molar-refractivity contribution in [2.75, 3.05) is 38.3 Å². The van der Waals surface area contributed by atoms with Crippen molar-refractivity contribution < 1.29 is 9.15 Å². The van der Waals surface area contributed by atoms with Crippen molar-refractivity contribution in [1.82, 2.24) is 15.1 Å². The van der Waals surface area contributed by atoms with E-state index in [0.717, 1.165) is 85.4 Å². The van der Waals surface area contributed by atoms with Crippen LogP contribution in [0.3, 0.4) is 0 Å². The van der Waals surface area contributed by atoms with Gasteiger partial charge < -0.3 is 24.8 Å². The molecular formula is C25H32N6O2. The summed E-state index contributed by atoms with van der Waals surface area (Å²) in [7, 11) is 0. The predicted octanol–water partition coefficient (Wildman–Crippen LogP) is 3.17. The quantitative estimate of drug-likeness (QED) is 0.443. The van der Waals surface area contributed by atoms with Crippen LogP contribution in [0.4, 0.5) is 5.69 Å². The Morgan fingerprint density at radius 1 is 1.27 bits per heavy atom. The molecule has 1 aliphatic carbocycles. The summed E-state index contributed by atoms with van der Waals surface area (Å²) in [6, 6.07) is 9.88. The van der Waals surface area contributed by atoms with Gasteiger partial charge in [-0.1, -0.05) is 6.58 Å². The maximum absolute atomic E-state index is 6.16. The SMILES string of the molecule is C=C(C1=CC(N2CCN(Cc3ccco3)CC2)=NCN1)c1cc(OC2(C)CC2)ccc1NN. The minimum atomic E-state index is -0.0441. The van der Waals surface area contributed by atoms with Crippen molar-refractivity contribution in [1.29, 1.82) is 0 Å². The molecule has 1 aromatic heterocycles. The zero-order valence-corrected chi connectivity index (χ0v) is 19.1. The number of rotatable bonds is 7. The van der Waals surface area contributed by atoms with Crippen molar-refractivity contribution in [3.8, 4) is 5.75 Å². The standard InChI is InChI=1S/C25H32N6O2/c1-18(21-14-19(5-6-22(21)29-26)33-25(2)7-8-25)23-15-24(28-17-27-23)31-11-9-30(10-12-31)16-20-4-3-13-32-20/h3-6,13-15,27,29H,1,7-12,16-17,26H2,2H3. The number of ether oxygens (including phenoxy) is 1. The van der Waals surface area contributed by atoms with E-state index in [1.807, 2.05) is 30.3 Å². The average molecular weight is 449 g/mol. The molecule has 174 valence electrons. The highest BCUT2D eigenvalue weighted by atomic mass is 16.5. The molecule has 3 heterocycles. The summed E-state index contributed by atoms with van der Waals surface area (Å²) in [6.45, 7) is 11.7. The molecule has 0 radical (unpaired) electrons. The van der Waals surface area contributed by atoms with Gasteiger partial charge in [-0.25, -0.2) is 4.99 Å². The molecule has 1 saturated carbocycles. The van der Waals surface area contributed by atoms with Crippen LogP contribution < -0.4 is 21.3 Å². The van der Waals surface area contributed by atoms with Gasteiger partial charge in [-0.15, -0.1) is 0 Å². The number of benzene rings is 1. The van der Waals surface area contributed by atoms with Crippen LogP contribution in [0.15, 0.2) is 64.4 Å². The van der Waals surface area contributed by atoms with Gasteiger partial charge in [0.15, 0.2) is 0 Å². The topological polar surface area (TPSA) is 91.3 Å². The molecule has 2 aliphatic heterocycles. The van der Waals surface area contributed by atoms with E-state index in [9.17, 15) is 0 Å². The van der Waals surface area contributed by atoms with E-state index < -0.39 is 0 Å². The number of hydrogen-bond acceptors (Lipinski definition) is 8. The number of allylic oxidation sites excluding steroid dienone is 1. The highest BCUT2D eigenvalue weighted by Gasteiger charge is 2.40. The molecule has 0 bridgehead atoms. The predicted molar refractivity (Wildman–Crippen MR) is 131 cm³/mol. The summed E-state index contributed by atoms with van der Waals surface area (Å²) in [4.78, 5) is 9.45. The molecule has 0 spiro atoms. The number of piperazine rings is 1. The summed E-state index contributed by atoms with van der Waals surface area (Å²) < 4.78 is 11.7. The number of aliphatic imine (C=N–C) groups is 1. The zero-order chi connectivity index (χ0) is 22.8. The van der Waals surface area contributed by atoms with Gasteiger partial charge in [0, 0.05) is 49.1 Å². The Morgan fingerprint density at radius 2 is 2.09 bits per heavy atom. The normalized spacial score (nSPS) is 19.9. The number of nitrogens with zero attached hydrogens (tertiary/aromatic N) is 3. The van der Waals surface area contributed by atoms with Crippen LogP contribution >= 0.6 is 0 Å². The zero-order valence-electron chi connectivity index (χ0n) is 19.1. The average Bonchev–Trinajstić information content (AvgIpc) is 3.34. The van der Waals surface area contributed by atoms with Crippen LogP contribution in [0.25, 0.3) is 5.57 Å². The maximum atomic E-state index is 6.16. The molecule has 0 unspecified atom stereocenters. The van der Waals surface area contributed by atoms with Crippen molar-refractivity contribution >= 4 is 17.1 Å². The third kappa shape index (κ3) is 4.91. The highest BCUT2D eigenvalue weighted by molar-refractivity contribution is 5.98. The maximum Gasteiger partial charge on any atom is 0.127 e. The van der Waals surface area contributed by atoms with Gasteiger partial charge >= 0.3 is 0 Å². The van der Waals surface area contributed by atoms with Gasteiger partial charge in [-0.3, -0.25) is 10.7 Å². The number of anilines is 1. The van der Waals surface area contributed by atoms with Gasteiger partial charge in [0.1, 0.15) is 29.6 Å². The van der Waals surface area contributed by atoms with Crippen LogP contribution in [-0.4, -0.2) is 54.1 Å². The van der Waals surface area contributed by atoms with E-state index >= 15 is 0 Å². The number of nitrogens with one attached hydrogen (secondary N) is 2. The monoisotopic (exact) mass is 448 g/mol. The van der Waals surface area contributed by atoms with Gasteiger partial charge in [-0.05, 0) is 50.1 Å². The van der Waals surface area contributed by atoms with Crippen molar-refractivity contribution in [2.24, 2.45) is 10.8 Å². The second kappa shape index (κ2) is 8.96. The molecule has 33 heavy (non-hydrogen) atoms. The van der Waals surface area contributed by atoms with E-state index in [1.165, 1.54) is 0 Å². The summed E-state index contributed by atoms with van der Waals surface area (Å²) in [5.74, 6) is 8.63. The Bertz CT molecular complexity index is 1060. The third-order valence-electron chi connectivity index (χ3n) is 6.55. The van der Waals surface area contributed by atoms with Crippen LogP contribution in [0.2, 0.25) is 0 Å². The first kappa shape index (κ1) is 21.6. The number of hydrogen-bond donors (Lipinski definition) is 3. The number of nitrogen functional groups attached to an aromatic ring is 1. The first-order chi connectivity index (χ1) is 16.0. The lowest BCUT2D eigenvalue weighted by molar-refractivity contribution is 0.165. The Kier molecular flexibility index (Phi) is 5.86. The molecule has 2 aromatic rings. The lowest BCUT2D eigenvalue weighted by atomic mass is 10.0. The number of furan rings is 1. The Labute approximate surface area is 194 Å². The Balaban J connectivity index is 1.27. The smallest absolute Gasteiger partial charge is 0.127 e. The summed E-state index contributed by atoms with van der Waals surface area (Å²) >= 11 is 0. The molecular weight excluding hydrogens is 416 g/mol. The summed E-state index contributed by atoms with van der Waals surface area (Å²) in [5, 5.41) is 3.37. The van der Waals surface area contributed by atoms with Gasteiger partial charge in [-0.2, -0.15) is 0 Å². The summed E-state index contributed by atoms with van der Waals surface area (Å²) in [6.07, 6.45) is 5.99. The van der Waals surface area contributed by atoms with Crippen molar-refractivity contribution in [2.45, 2.75) is 31.9 Å². The third-order valence-corrected chi connectivity index (χ3v) is 6.55. The molecule has 1 saturated heterocycles. The minimum Gasteiger partial charge on any atom is -0.488 e. The first-order valence-electron chi connectivity index (χ1n) is 11.5. The fourth-order valence-corrected chi connectivity index (χ4v) is 4.24. The van der Waals surface area contributed by atoms with Crippen molar-refractivity contribution in [3.63, 3.8) is 0 Å². The molecule has 0 amide bonds. The molecule has 5 rings (SSSR count). The van der Waals surface area contributed by atoms with E-state index in [4.69, 9.17) is 20.0 Å². The highest BCUT2D eigenvalue weighted by Crippen LogP contribution is 2.41. The Morgan fingerprint density at radius 3 is 2.79 bits per heavy atom. The minimum absolute atomic E-state index is 0.0441. The van der Waals surface area contributed by atoms with Crippen LogP contribution in [0, 0.1) is 0 Å². The summed E-state index contributed by atoms with van der Waals surface area (Å²) in [5.41, 5.74) is 6.29. The van der Waals surface area contributed by atoms with E-state index in [2.05, 4.69) is 40.1 Å². The van der Waals surface area contributed by atoms with E-state index in [0.29, 0.717) is 6.67 Å². The second-order valence-electron chi connectivity index (χ2n) is 9.13. The fraction of sp³-hybridized carbons (Fsp3) is 0.400. The molecule has 2 fully saturated rings. The van der Waals surface area contributed by atoms with Crippen LogP contribution in [0.5, 0.6) is 5.75 Å². The second-order valence-corrected chi connectivity index (χ2v) is 9.13. The molecule has 3 aliphatic rings. The molecule has 8 nitrogen and oxygen atoms in total. The fourth-order valence-electron chi connectivity index (χ4n) is 4.24. The molecule has 8 heteroatoms. The molecule has 1 aromatic carbocycles. The number of amidine groups is 1. The van der Waals surface area contributed by atoms with E-state index in [-0.39, 0.29) is 5.60 Å². The van der Waals surface area contributed by atoms with Gasteiger partial charge in [0.05, 0.1) is 18.5 Å². The van der Waals surface area contributed by atoms with Crippen LogP contribution in [0.1, 0.15) is 31.1 Å². The van der Waals surface area contributed by atoms with Gasteiger partial charge in [0.2, 0.25) is 0 Å². The lowest BCUT2D eigenvalue weighted by Gasteiger charge is -2.36. The number of hydrazine groups is 1. The Hall–Kier alpha value is -3.23. The van der Waals surface area contributed by atoms with Crippen LogP contribution in [-0.2, 0) is 6.54 Å². The largest absolute Gasteiger partial charge is 0.488 e. The number of nitrogens with two attached hydrogens (primary N) is 1. The van der Waals surface area contributed by atoms with E-state index in [1.54, 1.807) is 6.26 Å². The first-order valence-corrected chi connectivity index (χ1v) is 11.5. The molecule has 0 atom stereocenters. The van der Waals surface area contributed by atoms with Gasteiger partial charge in [0.25, 0.3) is 0 Å².